The van der Waals surface area contributed by atoms with Crippen LogP contribution in [0.5, 0.6) is 0 Å². The lowest BCUT2D eigenvalue weighted by molar-refractivity contribution is -0.126. The standard InChI is InChI=1S/C20H26ClN5O2/c21-18-6-2-1-5-17(18)15-28-16-19(27)22-9-4-10-25-11-13-26(14-12-25)20-23-7-3-8-24-20/h1-3,5-8H,4,9-16H2,(H,22,27). The van der Waals surface area contributed by atoms with Gasteiger partial charge in [0.15, 0.2) is 0 Å². The topological polar surface area (TPSA) is 70.6 Å². The molecule has 28 heavy (non-hydrogen) atoms. The first-order valence-electron chi connectivity index (χ1n) is 9.54. The van der Waals surface area contributed by atoms with Crippen molar-refractivity contribution in [3.63, 3.8) is 0 Å². The summed E-state index contributed by atoms with van der Waals surface area (Å²) >= 11 is 6.06. The molecule has 2 heterocycles. The number of rotatable bonds is 9. The van der Waals surface area contributed by atoms with E-state index in [9.17, 15) is 4.79 Å². The van der Waals surface area contributed by atoms with E-state index in [1.165, 1.54) is 0 Å². The van der Waals surface area contributed by atoms with Crippen molar-refractivity contribution in [3.8, 4) is 0 Å². The van der Waals surface area contributed by atoms with Gasteiger partial charge in [-0.25, -0.2) is 9.97 Å². The highest BCUT2D eigenvalue weighted by Crippen LogP contribution is 2.15. The maximum atomic E-state index is 11.9. The largest absolute Gasteiger partial charge is 0.367 e. The summed E-state index contributed by atoms with van der Waals surface area (Å²) in [6, 6.07) is 9.30. The van der Waals surface area contributed by atoms with E-state index in [4.69, 9.17) is 16.3 Å². The number of hydrogen-bond acceptors (Lipinski definition) is 6. The fourth-order valence-electron chi connectivity index (χ4n) is 3.08. The number of hydrogen-bond donors (Lipinski definition) is 1. The van der Waals surface area contributed by atoms with Crippen molar-refractivity contribution < 1.29 is 9.53 Å². The predicted octanol–water partition coefficient (Wildman–Crippen LogP) is 1.98. The summed E-state index contributed by atoms with van der Waals surface area (Å²) in [6.45, 7) is 5.79. The van der Waals surface area contributed by atoms with Crippen molar-refractivity contribution in [2.75, 3.05) is 50.8 Å². The minimum atomic E-state index is -0.0990. The van der Waals surface area contributed by atoms with Crippen molar-refractivity contribution in [1.29, 1.82) is 0 Å². The van der Waals surface area contributed by atoms with E-state index < -0.39 is 0 Å². The van der Waals surface area contributed by atoms with Gasteiger partial charge in [-0.1, -0.05) is 29.8 Å². The van der Waals surface area contributed by atoms with E-state index in [1.54, 1.807) is 12.4 Å². The van der Waals surface area contributed by atoms with Crippen molar-refractivity contribution >= 4 is 23.5 Å². The van der Waals surface area contributed by atoms with Gasteiger partial charge >= 0.3 is 0 Å². The minimum absolute atomic E-state index is 0.0426. The molecular weight excluding hydrogens is 378 g/mol. The molecule has 0 radical (unpaired) electrons. The van der Waals surface area contributed by atoms with Gasteiger partial charge in [-0.15, -0.1) is 0 Å². The van der Waals surface area contributed by atoms with Crippen LogP contribution < -0.4 is 10.2 Å². The smallest absolute Gasteiger partial charge is 0.246 e. The third-order valence-corrected chi connectivity index (χ3v) is 5.00. The van der Waals surface area contributed by atoms with Crippen LogP contribution in [0.25, 0.3) is 0 Å². The number of ether oxygens (including phenoxy) is 1. The minimum Gasteiger partial charge on any atom is -0.367 e. The molecule has 1 aromatic carbocycles. The number of nitrogens with one attached hydrogen (secondary N) is 1. The second-order valence-corrected chi connectivity index (χ2v) is 7.07. The average molecular weight is 404 g/mol. The van der Waals surface area contributed by atoms with Crippen LogP contribution in [-0.4, -0.2) is 66.7 Å². The van der Waals surface area contributed by atoms with Crippen LogP contribution >= 0.6 is 11.6 Å². The number of aromatic nitrogens is 2. The first-order chi connectivity index (χ1) is 13.7. The van der Waals surface area contributed by atoms with Gasteiger partial charge in [0, 0.05) is 50.1 Å². The summed E-state index contributed by atoms with van der Waals surface area (Å²) in [5, 5.41) is 3.56. The molecule has 2 aromatic rings. The number of benzene rings is 1. The van der Waals surface area contributed by atoms with E-state index in [2.05, 4.69) is 25.1 Å². The molecule has 0 bridgehead atoms. The van der Waals surface area contributed by atoms with Gasteiger partial charge in [0.1, 0.15) is 6.61 Å². The van der Waals surface area contributed by atoms with Gasteiger partial charge in [-0.3, -0.25) is 9.69 Å². The van der Waals surface area contributed by atoms with Crippen LogP contribution in [0.3, 0.4) is 0 Å². The molecular formula is C20H26ClN5O2. The summed E-state index contributed by atoms with van der Waals surface area (Å²) in [6.07, 6.45) is 4.46. The summed E-state index contributed by atoms with van der Waals surface area (Å²) < 4.78 is 5.44. The maximum Gasteiger partial charge on any atom is 0.246 e. The average Bonchev–Trinajstić information content (AvgIpc) is 2.74. The maximum absolute atomic E-state index is 11.9. The van der Waals surface area contributed by atoms with Crippen LogP contribution in [0.4, 0.5) is 5.95 Å². The summed E-state index contributed by atoms with van der Waals surface area (Å²) in [7, 11) is 0. The van der Waals surface area contributed by atoms with Crippen molar-refractivity contribution in [2.24, 2.45) is 0 Å². The molecule has 1 N–H and O–H groups in total. The Kier molecular flexibility index (Phi) is 8.02. The Labute approximate surface area is 170 Å². The number of piperazine rings is 1. The molecule has 0 aliphatic carbocycles. The second kappa shape index (κ2) is 10.9. The third-order valence-electron chi connectivity index (χ3n) is 4.63. The SMILES string of the molecule is O=C(COCc1ccccc1Cl)NCCCN1CCN(c2ncccn2)CC1. The highest BCUT2D eigenvalue weighted by molar-refractivity contribution is 6.31. The zero-order valence-corrected chi connectivity index (χ0v) is 16.6. The molecule has 1 aromatic heterocycles. The second-order valence-electron chi connectivity index (χ2n) is 6.67. The fourth-order valence-corrected chi connectivity index (χ4v) is 3.27. The lowest BCUT2D eigenvalue weighted by Crippen LogP contribution is -2.47. The lowest BCUT2D eigenvalue weighted by Gasteiger charge is -2.34. The molecule has 3 rings (SSSR count). The van der Waals surface area contributed by atoms with Crippen molar-refractivity contribution in [1.82, 2.24) is 20.2 Å². The van der Waals surface area contributed by atoms with E-state index in [0.717, 1.165) is 50.7 Å². The molecule has 0 spiro atoms. The highest BCUT2D eigenvalue weighted by Gasteiger charge is 2.18. The van der Waals surface area contributed by atoms with Crippen LogP contribution in [0.15, 0.2) is 42.7 Å². The van der Waals surface area contributed by atoms with Crippen molar-refractivity contribution in [3.05, 3.63) is 53.3 Å². The molecule has 150 valence electrons. The Morgan fingerprint density at radius 1 is 1.11 bits per heavy atom. The highest BCUT2D eigenvalue weighted by atomic mass is 35.5. The molecule has 1 amide bonds. The Morgan fingerprint density at radius 3 is 2.61 bits per heavy atom. The zero-order valence-electron chi connectivity index (χ0n) is 15.9. The summed E-state index contributed by atoms with van der Waals surface area (Å²) in [5.41, 5.74) is 0.886. The van der Waals surface area contributed by atoms with Gasteiger partial charge in [-0.2, -0.15) is 0 Å². The number of anilines is 1. The number of halogens is 1. The monoisotopic (exact) mass is 403 g/mol. The zero-order chi connectivity index (χ0) is 19.6. The Morgan fingerprint density at radius 2 is 1.86 bits per heavy atom. The van der Waals surface area contributed by atoms with E-state index >= 15 is 0 Å². The predicted molar refractivity (Wildman–Crippen MR) is 109 cm³/mol. The first-order valence-corrected chi connectivity index (χ1v) is 9.92. The van der Waals surface area contributed by atoms with Crippen LogP contribution in [0.1, 0.15) is 12.0 Å². The van der Waals surface area contributed by atoms with Gasteiger partial charge in [0.25, 0.3) is 0 Å². The molecule has 1 aliphatic heterocycles. The van der Waals surface area contributed by atoms with Gasteiger partial charge in [0.05, 0.1) is 6.61 Å². The molecule has 0 atom stereocenters. The fraction of sp³-hybridized carbons (Fsp3) is 0.450. The Bertz CT molecular complexity index is 738. The van der Waals surface area contributed by atoms with Crippen LogP contribution in [0, 0.1) is 0 Å². The third kappa shape index (κ3) is 6.44. The van der Waals surface area contributed by atoms with Crippen LogP contribution in [-0.2, 0) is 16.1 Å². The number of amides is 1. The molecule has 1 aliphatic rings. The molecule has 0 saturated carbocycles. The summed E-state index contributed by atoms with van der Waals surface area (Å²) in [4.78, 5) is 25.1. The number of nitrogens with zero attached hydrogens (tertiary/aromatic N) is 4. The number of carbonyl (C=O) groups excluding carboxylic acids is 1. The number of carbonyl (C=O) groups is 1. The van der Waals surface area contributed by atoms with Gasteiger partial charge in [-0.05, 0) is 30.7 Å². The molecule has 0 unspecified atom stereocenters. The molecule has 8 heteroatoms. The molecule has 1 saturated heterocycles. The first kappa shape index (κ1) is 20.5. The van der Waals surface area contributed by atoms with E-state index in [1.807, 2.05) is 30.3 Å². The van der Waals surface area contributed by atoms with Crippen LogP contribution in [0.2, 0.25) is 5.02 Å². The van der Waals surface area contributed by atoms with Gasteiger partial charge in [0.2, 0.25) is 11.9 Å². The Hall–Kier alpha value is -2.22. The molecule has 1 fully saturated rings. The lowest BCUT2D eigenvalue weighted by atomic mass is 10.2. The van der Waals surface area contributed by atoms with Crippen molar-refractivity contribution in [2.45, 2.75) is 13.0 Å². The quantitative estimate of drug-likeness (QED) is 0.645. The van der Waals surface area contributed by atoms with E-state index in [0.29, 0.717) is 18.2 Å². The summed E-state index contributed by atoms with van der Waals surface area (Å²) in [5.74, 6) is 0.698. The Balaban J connectivity index is 1.24. The normalized spacial score (nSPS) is 14.8. The van der Waals surface area contributed by atoms with E-state index in [-0.39, 0.29) is 12.5 Å². The van der Waals surface area contributed by atoms with Gasteiger partial charge < -0.3 is 15.0 Å². The molecule has 7 nitrogen and oxygen atoms in total.